The van der Waals surface area contributed by atoms with Crippen molar-refractivity contribution in [2.75, 3.05) is 40.8 Å². The first-order valence-corrected chi connectivity index (χ1v) is 6.83. The van der Waals surface area contributed by atoms with Gasteiger partial charge in [0.05, 0.1) is 10.2 Å². The highest BCUT2D eigenvalue weighted by Crippen LogP contribution is 2.12. The topological polar surface area (TPSA) is 9.72 Å². The smallest absolute Gasteiger partial charge is 0.117 e. The fraction of sp³-hybridized carbons (Fsp3) is 0.818. The predicted molar refractivity (Wildman–Crippen MR) is 71.9 cm³/mol. The highest BCUT2D eigenvalue weighted by molar-refractivity contribution is 6.21. The van der Waals surface area contributed by atoms with Gasteiger partial charge in [0.25, 0.3) is 0 Å². The molecule has 0 unspecified atom stereocenters. The number of hydrogen-bond acceptors (Lipinski definition) is 3. The van der Waals surface area contributed by atoms with Crippen LogP contribution in [0.3, 0.4) is 0 Å². The van der Waals surface area contributed by atoms with E-state index >= 15 is 0 Å². The molecule has 0 aliphatic heterocycles. The molecule has 0 amide bonds. The molecule has 4 heteroatoms. The molecular formula is C11H27N3Si. The first kappa shape index (κ1) is 14.4. The van der Waals surface area contributed by atoms with Gasteiger partial charge in [-0.25, -0.2) is 0 Å². The molecule has 0 N–H and O–H groups in total. The summed E-state index contributed by atoms with van der Waals surface area (Å²) in [6.45, 7) is 9.80. The van der Waals surface area contributed by atoms with Crippen LogP contribution in [0.25, 0.3) is 0 Å². The van der Waals surface area contributed by atoms with Gasteiger partial charge >= 0.3 is 0 Å². The Morgan fingerprint density at radius 2 is 1.13 bits per heavy atom. The SMILES string of the molecule is CCN(C)C([SiH3])=C(N(C)CC)N(C)CC. The Kier molecular flexibility index (Phi) is 6.48. The lowest BCUT2D eigenvalue weighted by atomic mass is 10.4. The van der Waals surface area contributed by atoms with Crippen LogP contribution in [0.2, 0.25) is 0 Å². The molecule has 0 atom stereocenters. The molecule has 0 aromatic rings. The molecule has 0 rings (SSSR count). The van der Waals surface area contributed by atoms with Crippen molar-refractivity contribution >= 4 is 10.2 Å². The van der Waals surface area contributed by atoms with E-state index in [1.165, 1.54) is 11.1 Å². The Hall–Kier alpha value is -0.643. The van der Waals surface area contributed by atoms with Crippen LogP contribution in [0.5, 0.6) is 0 Å². The number of hydrogen-bond donors (Lipinski definition) is 0. The van der Waals surface area contributed by atoms with Crippen LogP contribution in [0.15, 0.2) is 11.1 Å². The van der Waals surface area contributed by atoms with Crippen molar-refractivity contribution in [3.8, 4) is 0 Å². The van der Waals surface area contributed by atoms with Gasteiger partial charge < -0.3 is 14.7 Å². The second-order valence-electron chi connectivity index (χ2n) is 3.95. The first-order chi connectivity index (χ1) is 6.99. The summed E-state index contributed by atoms with van der Waals surface area (Å²) in [4.78, 5) is 7.01. The summed E-state index contributed by atoms with van der Waals surface area (Å²) < 4.78 is 0. The molecule has 3 nitrogen and oxygen atoms in total. The zero-order valence-corrected chi connectivity index (χ0v) is 13.5. The van der Waals surface area contributed by atoms with E-state index in [9.17, 15) is 0 Å². The summed E-state index contributed by atoms with van der Waals surface area (Å²) in [6, 6.07) is 0. The van der Waals surface area contributed by atoms with Crippen molar-refractivity contribution in [1.29, 1.82) is 0 Å². The van der Waals surface area contributed by atoms with Gasteiger partial charge in [0.2, 0.25) is 0 Å². The zero-order chi connectivity index (χ0) is 12.0. The van der Waals surface area contributed by atoms with E-state index in [4.69, 9.17) is 0 Å². The van der Waals surface area contributed by atoms with Crippen molar-refractivity contribution in [1.82, 2.24) is 14.7 Å². The van der Waals surface area contributed by atoms with Gasteiger partial charge in [-0.1, -0.05) is 0 Å². The standard InChI is InChI=1S/C11H27N3Si/c1-7-12(4)10(13(5)8-2)11(15)14(6)9-3/h7-9H2,1-6,15H3. The lowest BCUT2D eigenvalue weighted by molar-refractivity contribution is 0.267. The number of nitrogens with zero attached hydrogens (tertiary/aromatic N) is 3. The highest BCUT2D eigenvalue weighted by atomic mass is 28.1. The van der Waals surface area contributed by atoms with Crippen LogP contribution in [0, 0.1) is 0 Å². The maximum atomic E-state index is 2.35. The zero-order valence-electron chi connectivity index (χ0n) is 11.5. The van der Waals surface area contributed by atoms with Crippen molar-refractivity contribution in [2.24, 2.45) is 0 Å². The van der Waals surface area contributed by atoms with Crippen LogP contribution in [-0.4, -0.2) is 65.7 Å². The van der Waals surface area contributed by atoms with Crippen LogP contribution >= 0.6 is 0 Å². The van der Waals surface area contributed by atoms with E-state index in [1.54, 1.807) is 0 Å². The van der Waals surface area contributed by atoms with Crippen LogP contribution in [0.1, 0.15) is 20.8 Å². The largest absolute Gasteiger partial charge is 0.380 e. The summed E-state index contributed by atoms with van der Waals surface area (Å²) in [7, 11) is 7.61. The fourth-order valence-electron chi connectivity index (χ4n) is 1.55. The minimum Gasteiger partial charge on any atom is -0.380 e. The Morgan fingerprint density at radius 3 is 1.40 bits per heavy atom. The van der Waals surface area contributed by atoms with Gasteiger partial charge in [0.15, 0.2) is 0 Å². The third kappa shape index (κ3) is 3.78. The highest BCUT2D eigenvalue weighted by Gasteiger charge is 2.12. The molecule has 0 bridgehead atoms. The van der Waals surface area contributed by atoms with Crippen molar-refractivity contribution < 1.29 is 0 Å². The van der Waals surface area contributed by atoms with Gasteiger partial charge in [-0.2, -0.15) is 0 Å². The fourth-order valence-corrected chi connectivity index (χ4v) is 2.63. The third-order valence-electron chi connectivity index (χ3n) is 3.04. The predicted octanol–water partition coefficient (Wildman–Crippen LogP) is 0.333. The molecule has 0 aliphatic carbocycles. The Bertz CT molecular complexity index is 204. The van der Waals surface area contributed by atoms with Crippen LogP contribution in [0.4, 0.5) is 0 Å². The molecule has 0 aromatic carbocycles. The van der Waals surface area contributed by atoms with Gasteiger partial charge in [-0.05, 0) is 20.8 Å². The molecule has 0 spiro atoms. The summed E-state index contributed by atoms with van der Waals surface area (Å²) in [5.41, 5.74) is 0. The molecule has 0 heterocycles. The average Bonchev–Trinajstić information content (AvgIpc) is 2.27. The lowest BCUT2D eigenvalue weighted by Crippen LogP contribution is -2.35. The maximum Gasteiger partial charge on any atom is 0.117 e. The number of rotatable bonds is 6. The van der Waals surface area contributed by atoms with E-state index in [-0.39, 0.29) is 0 Å². The van der Waals surface area contributed by atoms with Crippen LogP contribution < -0.4 is 0 Å². The Morgan fingerprint density at radius 1 is 0.800 bits per heavy atom. The van der Waals surface area contributed by atoms with Crippen molar-refractivity contribution in [2.45, 2.75) is 20.8 Å². The van der Waals surface area contributed by atoms with E-state index in [2.05, 4.69) is 56.6 Å². The van der Waals surface area contributed by atoms with Crippen molar-refractivity contribution in [3.05, 3.63) is 11.1 Å². The minimum absolute atomic E-state index is 1.06. The summed E-state index contributed by atoms with van der Waals surface area (Å²) >= 11 is 0. The molecule has 0 radical (unpaired) electrons. The molecule has 0 aliphatic rings. The first-order valence-electron chi connectivity index (χ1n) is 5.83. The van der Waals surface area contributed by atoms with Gasteiger partial charge in [-0.15, -0.1) is 0 Å². The molecule has 0 saturated carbocycles. The second kappa shape index (κ2) is 6.77. The van der Waals surface area contributed by atoms with E-state index in [0.29, 0.717) is 0 Å². The normalized spacial score (nSPS) is 10.0. The Labute approximate surface area is 98.1 Å². The van der Waals surface area contributed by atoms with E-state index in [1.807, 2.05) is 0 Å². The second-order valence-corrected chi connectivity index (χ2v) is 4.90. The molecule has 0 aromatic heterocycles. The minimum atomic E-state index is 1.06. The van der Waals surface area contributed by atoms with Crippen molar-refractivity contribution in [3.63, 3.8) is 0 Å². The third-order valence-corrected chi connectivity index (χ3v) is 4.25. The molecule has 15 heavy (non-hydrogen) atoms. The quantitative estimate of drug-likeness (QED) is 0.608. The van der Waals surface area contributed by atoms with Gasteiger partial charge in [0, 0.05) is 46.1 Å². The average molecular weight is 229 g/mol. The van der Waals surface area contributed by atoms with Gasteiger partial charge in [-0.3, -0.25) is 0 Å². The van der Waals surface area contributed by atoms with E-state index < -0.39 is 0 Å². The summed E-state index contributed by atoms with van der Waals surface area (Å²) in [6.07, 6.45) is 0. The molecule has 0 fully saturated rings. The van der Waals surface area contributed by atoms with Gasteiger partial charge in [0.1, 0.15) is 5.82 Å². The monoisotopic (exact) mass is 229 g/mol. The maximum absolute atomic E-state index is 2.35. The van der Waals surface area contributed by atoms with E-state index in [0.717, 1.165) is 29.9 Å². The summed E-state index contributed by atoms with van der Waals surface area (Å²) in [5.74, 6) is 1.39. The molecule has 90 valence electrons. The summed E-state index contributed by atoms with van der Waals surface area (Å²) in [5, 5.41) is 1.48. The molecule has 0 saturated heterocycles. The lowest BCUT2D eigenvalue weighted by Gasteiger charge is -2.34. The van der Waals surface area contributed by atoms with Crippen LogP contribution in [-0.2, 0) is 0 Å². The Balaban J connectivity index is 5.05. The molecular weight excluding hydrogens is 202 g/mol.